The molecule has 0 saturated carbocycles. The molecule has 9 nitrogen and oxygen atoms in total. The van der Waals surface area contributed by atoms with Gasteiger partial charge in [0.25, 0.3) is 5.91 Å². The number of nitrogens with one attached hydrogen (secondary N) is 1. The summed E-state index contributed by atoms with van der Waals surface area (Å²) in [5.41, 5.74) is 1.49. The molecule has 3 heterocycles. The molecule has 184 valence electrons. The monoisotopic (exact) mass is 513 g/mol. The Morgan fingerprint density at radius 1 is 1.09 bits per heavy atom. The Hall–Kier alpha value is -3.31. The third kappa shape index (κ3) is 6.23. The third-order valence-corrected chi connectivity index (χ3v) is 7.95. The molecule has 2 aliphatic rings. The molecule has 1 N–H and O–H groups in total. The minimum absolute atomic E-state index is 0.0287. The molecule has 11 heteroatoms. The SMILES string of the molecule is CC(=O)N1CCN(C(=O)c2cc3c(s2)/C=C\CC=NC(Nc2cccc(S(C)(=O)=O)c2)=NC3)CC1. The van der Waals surface area contributed by atoms with Crippen molar-refractivity contribution in [1.82, 2.24) is 9.80 Å². The van der Waals surface area contributed by atoms with Gasteiger partial charge in [-0.1, -0.05) is 12.1 Å². The topological polar surface area (TPSA) is 112 Å². The number of piperazine rings is 1. The van der Waals surface area contributed by atoms with Crippen molar-refractivity contribution in [1.29, 1.82) is 0 Å². The van der Waals surface area contributed by atoms with E-state index in [0.717, 1.165) is 16.7 Å². The molecule has 0 bridgehead atoms. The average molecular weight is 514 g/mol. The van der Waals surface area contributed by atoms with E-state index in [0.29, 0.717) is 55.7 Å². The molecular formula is C24H27N5O4S2. The van der Waals surface area contributed by atoms with Gasteiger partial charge in [-0.05, 0) is 35.9 Å². The highest BCUT2D eigenvalue weighted by Gasteiger charge is 2.25. The molecule has 0 spiro atoms. The van der Waals surface area contributed by atoms with Gasteiger partial charge in [0, 0.05) is 62.6 Å². The number of aliphatic imine (C=N–C) groups is 2. The maximum Gasteiger partial charge on any atom is 0.264 e. The van der Waals surface area contributed by atoms with Crippen LogP contribution in [0.5, 0.6) is 0 Å². The fourth-order valence-electron chi connectivity index (χ4n) is 3.77. The van der Waals surface area contributed by atoms with Crippen molar-refractivity contribution in [3.8, 4) is 0 Å². The molecule has 1 saturated heterocycles. The summed E-state index contributed by atoms with van der Waals surface area (Å²) < 4.78 is 23.7. The first-order valence-electron chi connectivity index (χ1n) is 11.2. The van der Waals surface area contributed by atoms with E-state index >= 15 is 0 Å². The number of hydrogen-bond acceptors (Lipinski definition) is 8. The Morgan fingerprint density at radius 2 is 1.83 bits per heavy atom. The second-order valence-corrected chi connectivity index (χ2v) is 11.4. The van der Waals surface area contributed by atoms with E-state index in [-0.39, 0.29) is 16.7 Å². The molecule has 2 amide bonds. The number of nitrogens with zero attached hydrogens (tertiary/aromatic N) is 4. The lowest BCUT2D eigenvalue weighted by Crippen LogP contribution is -2.49. The van der Waals surface area contributed by atoms with Crippen molar-refractivity contribution in [2.75, 3.05) is 37.8 Å². The third-order valence-electron chi connectivity index (χ3n) is 5.71. The Morgan fingerprint density at radius 3 is 2.54 bits per heavy atom. The Labute approximate surface area is 208 Å². The number of benzene rings is 1. The fourth-order valence-corrected chi connectivity index (χ4v) is 5.51. The molecule has 0 aliphatic carbocycles. The lowest BCUT2D eigenvalue weighted by atomic mass is 10.2. The molecule has 4 rings (SSSR count). The van der Waals surface area contributed by atoms with Crippen LogP contribution in [0.3, 0.4) is 0 Å². The lowest BCUT2D eigenvalue weighted by molar-refractivity contribution is -0.130. The highest BCUT2D eigenvalue weighted by atomic mass is 32.2. The maximum atomic E-state index is 13.1. The minimum Gasteiger partial charge on any atom is -0.339 e. The van der Waals surface area contributed by atoms with Crippen LogP contribution >= 0.6 is 11.3 Å². The van der Waals surface area contributed by atoms with Gasteiger partial charge in [-0.2, -0.15) is 0 Å². The van der Waals surface area contributed by atoms with Crippen molar-refractivity contribution in [3.05, 3.63) is 51.7 Å². The molecule has 1 aromatic carbocycles. The first-order valence-corrected chi connectivity index (χ1v) is 13.9. The lowest BCUT2D eigenvalue weighted by Gasteiger charge is -2.33. The van der Waals surface area contributed by atoms with Gasteiger partial charge in [-0.25, -0.2) is 18.4 Å². The van der Waals surface area contributed by atoms with Crippen LogP contribution < -0.4 is 5.32 Å². The maximum absolute atomic E-state index is 13.1. The summed E-state index contributed by atoms with van der Waals surface area (Å²) in [4.78, 5) is 39.0. The summed E-state index contributed by atoms with van der Waals surface area (Å²) in [7, 11) is -3.33. The summed E-state index contributed by atoms with van der Waals surface area (Å²) in [5.74, 6) is 0.350. The number of allylic oxidation sites excluding steroid dienone is 1. The van der Waals surface area contributed by atoms with Crippen LogP contribution in [0.25, 0.3) is 6.08 Å². The molecule has 2 aliphatic heterocycles. The van der Waals surface area contributed by atoms with E-state index in [1.807, 2.05) is 18.2 Å². The summed E-state index contributed by atoms with van der Waals surface area (Å²) in [6.07, 6.45) is 7.43. The summed E-state index contributed by atoms with van der Waals surface area (Å²) in [6, 6.07) is 8.38. The minimum atomic E-state index is -3.33. The summed E-state index contributed by atoms with van der Waals surface area (Å²) in [6.45, 7) is 3.98. The van der Waals surface area contributed by atoms with Crippen molar-refractivity contribution >= 4 is 56.9 Å². The molecule has 0 unspecified atom stereocenters. The number of guanidine groups is 1. The van der Waals surface area contributed by atoms with Crippen LogP contribution in [-0.2, 0) is 21.2 Å². The van der Waals surface area contributed by atoms with Gasteiger partial charge in [-0.15, -0.1) is 11.3 Å². The number of amides is 2. The fraction of sp³-hybridized carbons (Fsp3) is 0.333. The normalized spacial score (nSPS) is 17.4. The van der Waals surface area contributed by atoms with E-state index in [2.05, 4.69) is 15.3 Å². The summed E-state index contributed by atoms with van der Waals surface area (Å²) in [5, 5.41) is 3.09. The quantitative estimate of drug-likeness (QED) is 0.678. The Kier molecular flexibility index (Phi) is 7.46. The van der Waals surface area contributed by atoms with Crippen LogP contribution in [0.1, 0.15) is 33.5 Å². The van der Waals surface area contributed by atoms with Crippen LogP contribution in [0.15, 0.2) is 51.3 Å². The second kappa shape index (κ2) is 10.5. The van der Waals surface area contributed by atoms with Gasteiger partial charge in [0.05, 0.1) is 16.3 Å². The van der Waals surface area contributed by atoms with Gasteiger partial charge in [0.15, 0.2) is 9.84 Å². The van der Waals surface area contributed by atoms with Crippen LogP contribution in [0.2, 0.25) is 0 Å². The van der Waals surface area contributed by atoms with Crippen molar-refractivity contribution in [2.24, 2.45) is 9.98 Å². The highest BCUT2D eigenvalue weighted by Crippen LogP contribution is 2.27. The van der Waals surface area contributed by atoms with E-state index in [1.165, 1.54) is 11.3 Å². The van der Waals surface area contributed by atoms with Gasteiger partial charge < -0.3 is 15.1 Å². The van der Waals surface area contributed by atoms with Crippen molar-refractivity contribution < 1.29 is 18.0 Å². The largest absolute Gasteiger partial charge is 0.339 e. The second-order valence-electron chi connectivity index (χ2n) is 8.31. The highest BCUT2D eigenvalue weighted by molar-refractivity contribution is 7.90. The molecule has 2 aromatic rings. The Bertz CT molecular complexity index is 1320. The van der Waals surface area contributed by atoms with Gasteiger partial charge in [-0.3, -0.25) is 9.59 Å². The van der Waals surface area contributed by atoms with Gasteiger partial charge >= 0.3 is 0 Å². The number of rotatable bonds is 3. The number of sulfone groups is 1. The Balaban J connectivity index is 1.52. The van der Waals surface area contributed by atoms with Crippen molar-refractivity contribution in [2.45, 2.75) is 24.8 Å². The molecule has 1 aromatic heterocycles. The van der Waals surface area contributed by atoms with Gasteiger partial charge in [0.1, 0.15) is 0 Å². The van der Waals surface area contributed by atoms with Crippen LogP contribution in [0.4, 0.5) is 5.69 Å². The zero-order valence-electron chi connectivity index (χ0n) is 19.6. The van der Waals surface area contributed by atoms with Gasteiger partial charge in [0.2, 0.25) is 11.9 Å². The number of anilines is 1. The smallest absolute Gasteiger partial charge is 0.264 e. The number of fused-ring (bicyclic) bond motifs is 1. The molecule has 0 radical (unpaired) electrons. The predicted molar refractivity (Wildman–Crippen MR) is 139 cm³/mol. The van der Waals surface area contributed by atoms with E-state index in [9.17, 15) is 18.0 Å². The predicted octanol–water partition coefficient (Wildman–Crippen LogP) is 2.91. The van der Waals surface area contributed by atoms with E-state index < -0.39 is 9.84 Å². The number of thiophene rings is 1. The summed E-state index contributed by atoms with van der Waals surface area (Å²) >= 11 is 1.43. The molecule has 35 heavy (non-hydrogen) atoms. The van der Waals surface area contributed by atoms with Crippen LogP contribution in [0, 0.1) is 0 Å². The van der Waals surface area contributed by atoms with Crippen molar-refractivity contribution in [3.63, 3.8) is 0 Å². The van der Waals surface area contributed by atoms with E-state index in [1.54, 1.807) is 47.2 Å². The van der Waals surface area contributed by atoms with Crippen LogP contribution in [-0.4, -0.2) is 74.6 Å². The molecule has 1 fully saturated rings. The number of hydrogen-bond donors (Lipinski definition) is 1. The zero-order valence-corrected chi connectivity index (χ0v) is 21.2. The number of carbonyl (C=O) groups is 2. The number of carbonyl (C=O) groups excluding carboxylic acids is 2. The molecular weight excluding hydrogens is 486 g/mol. The first-order chi connectivity index (χ1) is 16.7. The molecule has 0 atom stereocenters. The first kappa shape index (κ1) is 24.8. The standard InChI is InChI=1S/C24H27N5O4S2/c1-17(30)28-10-12-29(13-11-28)23(31)22-14-18-16-26-24(25-9-4-3-8-21(18)34-22)27-19-6-5-7-20(15-19)35(2,32)33/h3,5-9,14-15H,4,10-13,16H2,1-2H3,(H,26,27)/b8-3-,25-9?. The zero-order chi connectivity index (χ0) is 25.0. The average Bonchev–Trinajstić information content (AvgIpc) is 3.24. The van der Waals surface area contributed by atoms with E-state index in [4.69, 9.17) is 0 Å².